The second-order valence-corrected chi connectivity index (χ2v) is 3.42. The normalized spacial score (nSPS) is 10.3. The molecule has 0 saturated heterocycles. The van der Waals surface area contributed by atoms with E-state index in [1.54, 1.807) is 18.2 Å². The maximum atomic E-state index is 6.88. The first-order valence-corrected chi connectivity index (χ1v) is 4.53. The van der Waals surface area contributed by atoms with Crippen LogP contribution in [0.4, 0.5) is 5.69 Å². The maximum Gasteiger partial charge on any atom is 0.189 e. The van der Waals surface area contributed by atoms with E-state index in [-0.39, 0.29) is 11.3 Å². The molecule has 0 spiro atoms. The topological polar surface area (TPSA) is 17.2 Å². The third kappa shape index (κ3) is 1.55. The van der Waals surface area contributed by atoms with Gasteiger partial charge in [-0.1, -0.05) is 23.7 Å². The van der Waals surface area contributed by atoms with Crippen molar-refractivity contribution in [3.05, 3.63) is 59.7 Å². The highest BCUT2D eigenvalue weighted by atomic mass is 35.5. The van der Waals surface area contributed by atoms with Gasteiger partial charge >= 0.3 is 0 Å². The summed E-state index contributed by atoms with van der Waals surface area (Å²) in [5.74, 6) is 0. The highest BCUT2D eigenvalue weighted by Crippen LogP contribution is 2.29. The monoisotopic (exact) mass is 212 g/mol. The van der Waals surface area contributed by atoms with E-state index < -0.39 is 0 Å². The second-order valence-electron chi connectivity index (χ2n) is 3.04. The Balaban J connectivity index is 2.87. The molecule has 1 heterocycles. The molecule has 0 bridgehead atoms. The Kier molecular flexibility index (Phi) is 2.34. The van der Waals surface area contributed by atoms with Crippen molar-refractivity contribution in [2.75, 3.05) is 0 Å². The van der Waals surface area contributed by atoms with Gasteiger partial charge in [0.25, 0.3) is 0 Å². The molecule has 0 atom stereocenters. The standard InChI is InChI=1S/C12H5ClN2/c1-7-8(2)15-11-6-9(14-3)4-5-10(11)12(7)13/h1-2,4-6H. The third-order valence-electron chi connectivity index (χ3n) is 2.10. The number of pyridine rings is 1. The zero-order chi connectivity index (χ0) is 11.0. The van der Waals surface area contributed by atoms with Crippen LogP contribution in [0, 0.1) is 20.4 Å². The highest BCUT2D eigenvalue weighted by Gasteiger charge is 2.07. The van der Waals surface area contributed by atoms with Gasteiger partial charge in [0.05, 0.1) is 22.8 Å². The summed E-state index contributed by atoms with van der Waals surface area (Å²) in [5, 5.41) is 1.09. The van der Waals surface area contributed by atoms with Gasteiger partial charge in [0.1, 0.15) is 0 Å². The molecule has 0 N–H and O–H groups in total. The Morgan fingerprint density at radius 2 is 2.07 bits per heavy atom. The molecule has 1 aromatic carbocycles. The van der Waals surface area contributed by atoms with Gasteiger partial charge in [0.2, 0.25) is 0 Å². The summed E-state index contributed by atoms with van der Waals surface area (Å²) >= 11 is 6.00. The molecule has 0 aliphatic carbocycles. The first-order chi connectivity index (χ1) is 7.13. The minimum atomic E-state index is 0.189. The van der Waals surface area contributed by atoms with Crippen LogP contribution >= 0.6 is 11.6 Å². The van der Waals surface area contributed by atoms with Gasteiger partial charge in [0.15, 0.2) is 5.69 Å². The fraction of sp³-hybridized carbons (Fsp3) is 0. The average Bonchev–Trinajstić information content (AvgIpc) is 2.25. The van der Waals surface area contributed by atoms with Crippen molar-refractivity contribution in [3.63, 3.8) is 0 Å². The van der Waals surface area contributed by atoms with Gasteiger partial charge in [-0.05, 0) is 11.6 Å². The van der Waals surface area contributed by atoms with Crippen molar-refractivity contribution in [2.45, 2.75) is 0 Å². The molecule has 15 heavy (non-hydrogen) atoms. The minimum absolute atomic E-state index is 0.189. The SMILES string of the molecule is [C-]#[N+]c1ccc2c(Cl)c([CH])c([CH])nc2c1. The van der Waals surface area contributed by atoms with Crippen molar-refractivity contribution >= 4 is 28.2 Å². The summed E-state index contributed by atoms with van der Waals surface area (Å²) in [6, 6.07) is 5.01. The van der Waals surface area contributed by atoms with Gasteiger partial charge in [-0.3, -0.25) is 4.98 Å². The third-order valence-corrected chi connectivity index (χ3v) is 2.51. The van der Waals surface area contributed by atoms with Gasteiger partial charge in [0, 0.05) is 19.2 Å². The number of aromatic nitrogens is 1. The van der Waals surface area contributed by atoms with Crippen molar-refractivity contribution in [3.8, 4) is 0 Å². The van der Waals surface area contributed by atoms with E-state index >= 15 is 0 Å². The molecule has 0 fully saturated rings. The van der Waals surface area contributed by atoms with Crippen molar-refractivity contribution < 1.29 is 0 Å². The number of nitrogens with zero attached hydrogens (tertiary/aromatic N) is 2. The number of hydrogen-bond donors (Lipinski definition) is 0. The molecule has 0 amide bonds. The van der Waals surface area contributed by atoms with Crippen LogP contribution in [0.5, 0.6) is 0 Å². The smallest absolute Gasteiger partial charge is 0.189 e. The van der Waals surface area contributed by atoms with Crippen LogP contribution in [-0.2, 0) is 0 Å². The average molecular weight is 213 g/mol. The molecule has 2 rings (SSSR count). The van der Waals surface area contributed by atoms with Crippen LogP contribution in [0.15, 0.2) is 18.2 Å². The summed E-state index contributed by atoms with van der Waals surface area (Å²) in [7, 11) is 0. The number of halogens is 1. The summed E-state index contributed by atoms with van der Waals surface area (Å²) in [4.78, 5) is 7.37. The molecule has 3 heteroatoms. The van der Waals surface area contributed by atoms with Gasteiger partial charge in [-0.25, -0.2) is 4.85 Å². The van der Waals surface area contributed by atoms with Gasteiger partial charge < -0.3 is 0 Å². The van der Waals surface area contributed by atoms with Crippen LogP contribution in [-0.4, -0.2) is 4.98 Å². The Morgan fingerprint density at radius 1 is 1.33 bits per heavy atom. The second kappa shape index (κ2) is 3.52. The van der Waals surface area contributed by atoms with Crippen LogP contribution in [0.1, 0.15) is 11.3 Å². The van der Waals surface area contributed by atoms with Crippen LogP contribution < -0.4 is 0 Å². The first kappa shape index (κ1) is 9.95. The Hall–Kier alpha value is -1.59. The van der Waals surface area contributed by atoms with Crippen molar-refractivity contribution in [2.24, 2.45) is 0 Å². The van der Waals surface area contributed by atoms with Crippen LogP contribution in [0.3, 0.4) is 0 Å². The van der Waals surface area contributed by atoms with Crippen LogP contribution in [0.25, 0.3) is 15.7 Å². The molecule has 0 aliphatic rings. The van der Waals surface area contributed by atoms with E-state index in [1.807, 2.05) is 0 Å². The Bertz CT molecular complexity index is 582. The molecule has 4 radical (unpaired) electrons. The lowest BCUT2D eigenvalue weighted by Crippen LogP contribution is -1.90. The summed E-state index contributed by atoms with van der Waals surface area (Å²) in [6.07, 6.45) is 0. The molecule has 70 valence electrons. The van der Waals surface area contributed by atoms with E-state index in [4.69, 9.17) is 32.0 Å². The molecular weight excluding hydrogens is 208 g/mol. The fourth-order valence-electron chi connectivity index (χ4n) is 1.32. The number of hydrogen-bond acceptors (Lipinski definition) is 1. The van der Waals surface area contributed by atoms with E-state index in [9.17, 15) is 0 Å². The number of benzene rings is 1. The molecule has 0 unspecified atom stereocenters. The van der Waals surface area contributed by atoms with E-state index in [2.05, 4.69) is 9.83 Å². The fourth-order valence-corrected chi connectivity index (χ4v) is 1.57. The molecule has 1 aromatic heterocycles. The maximum absolute atomic E-state index is 6.88. The summed E-state index contributed by atoms with van der Waals surface area (Å²) in [5.41, 5.74) is 1.55. The summed E-state index contributed by atoms with van der Waals surface area (Å²) in [6.45, 7) is 18.1. The van der Waals surface area contributed by atoms with Crippen molar-refractivity contribution in [1.29, 1.82) is 0 Å². The number of fused-ring (bicyclic) bond motifs is 1. The quantitative estimate of drug-likeness (QED) is 0.611. The zero-order valence-electron chi connectivity index (χ0n) is 7.66. The molecule has 2 nitrogen and oxygen atoms in total. The largest absolute Gasteiger partial charge is 0.253 e. The first-order valence-electron chi connectivity index (χ1n) is 4.15. The van der Waals surface area contributed by atoms with Crippen molar-refractivity contribution in [1.82, 2.24) is 4.98 Å². The lowest BCUT2D eigenvalue weighted by Gasteiger charge is -2.06. The molecule has 2 aromatic rings. The molecule has 0 aliphatic heterocycles. The predicted molar refractivity (Wildman–Crippen MR) is 59.8 cm³/mol. The minimum Gasteiger partial charge on any atom is -0.253 e. The zero-order valence-corrected chi connectivity index (χ0v) is 8.42. The Morgan fingerprint density at radius 3 is 2.73 bits per heavy atom. The van der Waals surface area contributed by atoms with Gasteiger partial charge in [-0.15, -0.1) is 0 Å². The van der Waals surface area contributed by atoms with Crippen LogP contribution in [0.2, 0.25) is 5.02 Å². The Labute approximate surface area is 93.3 Å². The van der Waals surface area contributed by atoms with E-state index in [0.717, 1.165) is 0 Å². The van der Waals surface area contributed by atoms with E-state index in [1.165, 1.54) is 0 Å². The lowest BCUT2D eigenvalue weighted by atomic mass is 10.1. The lowest BCUT2D eigenvalue weighted by molar-refractivity contribution is 1.31. The number of rotatable bonds is 0. The molecule has 0 saturated carbocycles. The summed E-state index contributed by atoms with van der Waals surface area (Å²) < 4.78 is 0. The van der Waals surface area contributed by atoms with Gasteiger partial charge in [-0.2, -0.15) is 0 Å². The molecular formula is C12H5ClN2. The predicted octanol–water partition coefficient (Wildman–Crippen LogP) is 3.56. The van der Waals surface area contributed by atoms with E-state index in [0.29, 0.717) is 21.6 Å². The highest BCUT2D eigenvalue weighted by molar-refractivity contribution is 6.36.